The van der Waals surface area contributed by atoms with Gasteiger partial charge in [-0.3, -0.25) is 14.4 Å². The van der Waals surface area contributed by atoms with E-state index < -0.39 is 11.7 Å². The van der Waals surface area contributed by atoms with Gasteiger partial charge in [-0.15, -0.1) is 0 Å². The maximum atomic E-state index is 14.2. The van der Waals surface area contributed by atoms with Crippen molar-refractivity contribution < 1.29 is 22.7 Å². The van der Waals surface area contributed by atoms with Crippen LogP contribution in [0.25, 0.3) is 16.6 Å². The maximum Gasteiger partial charge on any atom is 0.416 e. The summed E-state index contributed by atoms with van der Waals surface area (Å²) in [6.07, 6.45) is 3.39. The number of aromatic nitrogens is 4. The Morgan fingerprint density at radius 3 is 2.47 bits per heavy atom. The van der Waals surface area contributed by atoms with Gasteiger partial charge < -0.3 is 14.5 Å². The Bertz CT molecular complexity index is 1980. The first-order valence-electron chi connectivity index (χ1n) is 16.8. The largest absolute Gasteiger partial charge is 0.455 e. The molecule has 0 radical (unpaired) electrons. The molecule has 0 N–H and O–H groups in total. The molecule has 1 saturated heterocycles. The number of likely N-dealkylation sites (N-methyl/N-ethyl adjacent to an activating group) is 1. The Morgan fingerprint density at radius 1 is 0.939 bits per heavy atom. The van der Waals surface area contributed by atoms with Crippen molar-refractivity contribution in [1.29, 1.82) is 0 Å². The summed E-state index contributed by atoms with van der Waals surface area (Å²) in [5.41, 5.74) is 4.78. The molecule has 49 heavy (non-hydrogen) atoms. The molecule has 5 heterocycles. The summed E-state index contributed by atoms with van der Waals surface area (Å²) < 4.78 is 52.6. The molecule has 5 aromatic rings. The fourth-order valence-corrected chi connectivity index (χ4v) is 7.04. The highest BCUT2D eigenvalue weighted by Gasteiger charge is 2.35. The summed E-state index contributed by atoms with van der Waals surface area (Å²) in [6, 6.07) is 13.8. The lowest BCUT2D eigenvalue weighted by atomic mass is 9.92. The van der Waals surface area contributed by atoms with Gasteiger partial charge in [0.2, 0.25) is 5.91 Å². The maximum absolute atomic E-state index is 14.2. The van der Waals surface area contributed by atoms with Gasteiger partial charge in [-0.2, -0.15) is 23.4 Å². The van der Waals surface area contributed by atoms with Crippen molar-refractivity contribution in [3.63, 3.8) is 0 Å². The number of piperazine rings is 1. The standard InChI is InChI=1S/C37H40F3N7O2/c1-4-44-13-15-45(16-14-44)23-28-6-5-26(17-33(28)37(38,39)40)18-36(48)46-12-10-27-7-8-31(20-32(27)25(46)2)49-35-9-11-41-47-24-29(19-34(35)47)30-21-42-43(3)22-30/h5-9,11,17,19-22,24-25H,4,10,12-16,18,23H2,1-3H3/t25-/m0/s1. The van der Waals surface area contributed by atoms with Crippen LogP contribution in [0.2, 0.25) is 0 Å². The molecule has 9 nitrogen and oxygen atoms in total. The van der Waals surface area contributed by atoms with Crippen LogP contribution in [0.5, 0.6) is 11.5 Å². The zero-order chi connectivity index (χ0) is 34.3. The van der Waals surface area contributed by atoms with E-state index in [1.165, 1.54) is 6.07 Å². The molecule has 0 aliphatic carbocycles. The molecule has 1 fully saturated rings. The van der Waals surface area contributed by atoms with Crippen LogP contribution in [0.15, 0.2) is 73.3 Å². The highest BCUT2D eigenvalue weighted by molar-refractivity contribution is 5.80. The molecular formula is C37H40F3N7O2. The van der Waals surface area contributed by atoms with Crippen LogP contribution in [0.4, 0.5) is 13.2 Å². The summed E-state index contributed by atoms with van der Waals surface area (Å²) in [5, 5.41) is 8.70. The smallest absolute Gasteiger partial charge is 0.416 e. The van der Waals surface area contributed by atoms with Gasteiger partial charge in [-0.1, -0.05) is 25.1 Å². The molecule has 0 spiro atoms. The number of ether oxygens (including phenoxy) is 1. The van der Waals surface area contributed by atoms with E-state index in [0.29, 0.717) is 30.0 Å². The van der Waals surface area contributed by atoms with Crippen molar-refractivity contribution in [3.05, 3.63) is 101 Å². The Labute approximate surface area is 283 Å². The third-order valence-electron chi connectivity index (χ3n) is 9.85. The first kappa shape index (κ1) is 32.8. The summed E-state index contributed by atoms with van der Waals surface area (Å²) in [7, 11) is 1.87. The predicted octanol–water partition coefficient (Wildman–Crippen LogP) is 6.37. The molecule has 2 aromatic carbocycles. The van der Waals surface area contributed by atoms with Gasteiger partial charge in [0.05, 0.1) is 30.4 Å². The number of carbonyl (C=O) groups excluding carboxylic acids is 1. The molecule has 0 unspecified atom stereocenters. The Kier molecular flexibility index (Phi) is 8.93. The fourth-order valence-electron chi connectivity index (χ4n) is 7.04. The topological polar surface area (TPSA) is 71.1 Å². The molecule has 3 aromatic heterocycles. The van der Waals surface area contributed by atoms with E-state index >= 15 is 0 Å². The van der Waals surface area contributed by atoms with Crippen LogP contribution in [-0.4, -0.2) is 79.3 Å². The Hall–Kier alpha value is -4.68. The minimum atomic E-state index is -4.50. The SMILES string of the molecule is CCN1CCN(Cc2ccc(CC(=O)N3CCc4ccc(Oc5ccnn6cc(-c7cnn(C)c7)cc56)cc4[C@@H]3C)cc2C(F)(F)F)CC1. The lowest BCUT2D eigenvalue weighted by Gasteiger charge is -2.36. The first-order chi connectivity index (χ1) is 23.6. The number of nitrogens with zero attached hydrogens (tertiary/aromatic N) is 7. The van der Waals surface area contributed by atoms with Crippen LogP contribution in [-0.2, 0) is 37.4 Å². The number of carbonyl (C=O) groups is 1. The molecule has 12 heteroatoms. The van der Waals surface area contributed by atoms with Gasteiger partial charge in [0, 0.05) is 75.9 Å². The average Bonchev–Trinajstić information content (AvgIpc) is 3.72. The number of alkyl halides is 3. The number of amides is 1. The summed E-state index contributed by atoms with van der Waals surface area (Å²) in [6.45, 7) is 8.90. The molecule has 2 aliphatic heterocycles. The Morgan fingerprint density at radius 2 is 1.73 bits per heavy atom. The first-order valence-corrected chi connectivity index (χ1v) is 16.8. The van der Waals surface area contributed by atoms with E-state index in [2.05, 4.69) is 26.9 Å². The lowest BCUT2D eigenvalue weighted by Crippen LogP contribution is -2.45. The van der Waals surface area contributed by atoms with Crippen LogP contribution in [0.1, 0.15) is 47.7 Å². The second-order valence-corrected chi connectivity index (χ2v) is 13.0. The number of rotatable bonds is 8. The minimum absolute atomic E-state index is 0.100. The van der Waals surface area contributed by atoms with Crippen molar-refractivity contribution in [2.24, 2.45) is 7.05 Å². The van der Waals surface area contributed by atoms with Gasteiger partial charge in [-0.05, 0) is 66.4 Å². The second kappa shape index (κ2) is 13.3. The van der Waals surface area contributed by atoms with E-state index in [4.69, 9.17) is 4.74 Å². The molecule has 256 valence electrons. The third-order valence-corrected chi connectivity index (χ3v) is 9.85. The highest BCUT2D eigenvalue weighted by Crippen LogP contribution is 2.37. The van der Waals surface area contributed by atoms with Crippen LogP contribution in [0, 0.1) is 0 Å². The van der Waals surface area contributed by atoms with Crippen molar-refractivity contribution in [2.75, 3.05) is 39.3 Å². The molecule has 2 aliphatic rings. The van der Waals surface area contributed by atoms with E-state index in [1.54, 1.807) is 38.6 Å². The van der Waals surface area contributed by atoms with Crippen LogP contribution in [0.3, 0.4) is 0 Å². The van der Waals surface area contributed by atoms with E-state index in [-0.39, 0.29) is 30.5 Å². The van der Waals surface area contributed by atoms with Gasteiger partial charge >= 0.3 is 6.18 Å². The van der Waals surface area contributed by atoms with E-state index in [0.717, 1.165) is 60.5 Å². The highest BCUT2D eigenvalue weighted by atomic mass is 19.4. The predicted molar refractivity (Wildman–Crippen MR) is 180 cm³/mol. The summed E-state index contributed by atoms with van der Waals surface area (Å²) in [5.74, 6) is 1.06. The Balaban J connectivity index is 1.06. The monoisotopic (exact) mass is 671 g/mol. The minimum Gasteiger partial charge on any atom is -0.455 e. The fraction of sp³-hybridized carbons (Fsp3) is 0.378. The molecule has 7 rings (SSSR count). The van der Waals surface area contributed by atoms with Crippen molar-refractivity contribution >= 4 is 11.4 Å². The van der Waals surface area contributed by atoms with E-state index in [1.807, 2.05) is 56.7 Å². The van der Waals surface area contributed by atoms with Crippen LogP contribution < -0.4 is 4.74 Å². The van der Waals surface area contributed by atoms with Gasteiger partial charge in [0.1, 0.15) is 11.3 Å². The molecule has 1 amide bonds. The van der Waals surface area contributed by atoms with E-state index in [9.17, 15) is 18.0 Å². The lowest BCUT2D eigenvalue weighted by molar-refractivity contribution is -0.139. The number of aryl methyl sites for hydroxylation is 1. The zero-order valence-electron chi connectivity index (χ0n) is 28.0. The quantitative estimate of drug-likeness (QED) is 0.191. The zero-order valence-corrected chi connectivity index (χ0v) is 28.0. The van der Waals surface area contributed by atoms with Crippen LogP contribution >= 0.6 is 0 Å². The average molecular weight is 672 g/mol. The summed E-state index contributed by atoms with van der Waals surface area (Å²) >= 11 is 0. The van der Waals surface area contributed by atoms with Gasteiger partial charge in [0.15, 0.2) is 5.75 Å². The normalized spacial score (nSPS) is 17.4. The number of fused-ring (bicyclic) bond motifs is 2. The van der Waals surface area contributed by atoms with Gasteiger partial charge in [-0.25, -0.2) is 4.52 Å². The molecular weight excluding hydrogens is 631 g/mol. The van der Waals surface area contributed by atoms with Crippen molar-refractivity contribution in [1.82, 2.24) is 34.1 Å². The second-order valence-electron chi connectivity index (χ2n) is 13.0. The van der Waals surface area contributed by atoms with Gasteiger partial charge in [0.25, 0.3) is 0 Å². The van der Waals surface area contributed by atoms with Crippen molar-refractivity contribution in [3.8, 4) is 22.6 Å². The molecule has 0 saturated carbocycles. The third kappa shape index (κ3) is 6.93. The number of benzene rings is 2. The number of halogens is 3. The number of hydrogen-bond donors (Lipinski definition) is 0. The summed E-state index contributed by atoms with van der Waals surface area (Å²) in [4.78, 5) is 19.8. The molecule has 1 atom stereocenters. The molecule has 0 bridgehead atoms. The number of hydrogen-bond acceptors (Lipinski definition) is 6. The van der Waals surface area contributed by atoms with Crippen molar-refractivity contribution in [2.45, 2.75) is 45.5 Å².